The Hall–Kier alpha value is -0.610. The van der Waals surface area contributed by atoms with Crippen LogP contribution in [0.4, 0.5) is 0 Å². The third kappa shape index (κ3) is 1.46. The fourth-order valence-corrected chi connectivity index (χ4v) is 1.31. The average Bonchev–Trinajstić information content (AvgIpc) is 2.13. The Bertz CT molecular complexity index is 290. The van der Waals surface area contributed by atoms with Gasteiger partial charge in [-0.3, -0.25) is 4.79 Å². The lowest BCUT2D eigenvalue weighted by Gasteiger charge is -1.87. The van der Waals surface area contributed by atoms with Gasteiger partial charge in [0.05, 0.1) is 6.54 Å². The smallest absolute Gasteiger partial charge is 0.255 e. The minimum Gasteiger partial charge on any atom is -0.255 e. The van der Waals surface area contributed by atoms with Gasteiger partial charge in [-0.2, -0.15) is 0 Å². The summed E-state index contributed by atoms with van der Waals surface area (Å²) in [5, 5.41) is 3.72. The molecule has 5 heteroatoms. The molecule has 1 rings (SSSR count). The molecule has 0 radical (unpaired) electrons. The molecular weight excluding hydrogens is 172 g/mol. The van der Waals surface area contributed by atoms with Crippen molar-refractivity contribution in [1.82, 2.24) is 9.78 Å². The van der Waals surface area contributed by atoms with Crippen molar-refractivity contribution < 1.29 is 0 Å². The zero-order chi connectivity index (χ0) is 7.56. The molecule has 0 fully saturated rings. The van der Waals surface area contributed by atoms with Crippen molar-refractivity contribution in [3.8, 4) is 0 Å². The third-order valence-electron chi connectivity index (χ3n) is 0.884. The van der Waals surface area contributed by atoms with Gasteiger partial charge >= 0.3 is 4.87 Å². The van der Waals surface area contributed by atoms with Crippen LogP contribution in [0.1, 0.15) is 0 Å². The van der Waals surface area contributed by atoms with E-state index >= 15 is 0 Å². The second-order valence-corrected chi connectivity index (χ2v) is 3.11. The molecule has 0 aliphatic heterocycles. The molecule has 0 unspecified atom stereocenters. The topological polar surface area (TPSA) is 34.9 Å². The zero-order valence-corrected chi connectivity index (χ0v) is 6.65. The minimum absolute atomic E-state index is 0.148. The maximum absolute atomic E-state index is 10.8. The standard InChI is InChI=1S/C5H5ClN2OS/c1-2-3-8-5(9)10-4(6)7-8/h2H,1,3H2. The van der Waals surface area contributed by atoms with Gasteiger partial charge in [0.2, 0.25) is 4.47 Å². The van der Waals surface area contributed by atoms with Crippen molar-refractivity contribution in [3.05, 3.63) is 26.8 Å². The van der Waals surface area contributed by atoms with Crippen LogP contribution in [0.3, 0.4) is 0 Å². The van der Waals surface area contributed by atoms with Crippen LogP contribution in [-0.2, 0) is 6.54 Å². The Morgan fingerprint density at radius 2 is 2.60 bits per heavy atom. The van der Waals surface area contributed by atoms with Gasteiger partial charge in [0.1, 0.15) is 0 Å². The van der Waals surface area contributed by atoms with Gasteiger partial charge in [-0.25, -0.2) is 4.68 Å². The summed E-state index contributed by atoms with van der Waals surface area (Å²) in [5.41, 5.74) is 0. The van der Waals surface area contributed by atoms with Crippen LogP contribution in [0.15, 0.2) is 17.4 Å². The largest absolute Gasteiger partial charge is 0.326 e. The molecular formula is C5H5ClN2OS. The number of rotatable bonds is 2. The first-order chi connectivity index (χ1) is 4.74. The van der Waals surface area contributed by atoms with E-state index in [0.717, 1.165) is 11.3 Å². The van der Waals surface area contributed by atoms with E-state index in [1.165, 1.54) is 4.68 Å². The van der Waals surface area contributed by atoms with Gasteiger partial charge in [-0.1, -0.05) is 6.08 Å². The molecule has 0 amide bonds. The maximum Gasteiger partial charge on any atom is 0.326 e. The molecule has 1 aromatic heterocycles. The molecule has 0 aliphatic carbocycles. The van der Waals surface area contributed by atoms with Crippen LogP contribution >= 0.6 is 22.9 Å². The highest BCUT2D eigenvalue weighted by Gasteiger charge is 1.99. The van der Waals surface area contributed by atoms with Crippen molar-refractivity contribution in [1.29, 1.82) is 0 Å². The first-order valence-corrected chi connectivity index (χ1v) is 3.78. The second kappa shape index (κ2) is 2.98. The predicted molar refractivity (Wildman–Crippen MR) is 41.6 cm³/mol. The van der Waals surface area contributed by atoms with Crippen LogP contribution in [0.2, 0.25) is 4.47 Å². The van der Waals surface area contributed by atoms with E-state index in [1.807, 2.05) is 0 Å². The van der Waals surface area contributed by atoms with Crippen molar-refractivity contribution >= 4 is 22.9 Å². The molecule has 1 heterocycles. The van der Waals surface area contributed by atoms with E-state index in [0.29, 0.717) is 6.54 Å². The van der Waals surface area contributed by atoms with E-state index in [-0.39, 0.29) is 9.34 Å². The van der Waals surface area contributed by atoms with Crippen LogP contribution in [-0.4, -0.2) is 9.78 Å². The number of allylic oxidation sites excluding steroid dienone is 1. The number of nitrogens with zero attached hydrogens (tertiary/aromatic N) is 2. The van der Waals surface area contributed by atoms with Crippen molar-refractivity contribution in [3.63, 3.8) is 0 Å². The lowest BCUT2D eigenvalue weighted by Crippen LogP contribution is -2.12. The van der Waals surface area contributed by atoms with Crippen LogP contribution < -0.4 is 4.87 Å². The summed E-state index contributed by atoms with van der Waals surface area (Å²) in [7, 11) is 0. The number of halogens is 1. The van der Waals surface area contributed by atoms with Gasteiger partial charge in [-0.15, -0.1) is 11.7 Å². The fraction of sp³-hybridized carbons (Fsp3) is 0.200. The normalized spacial score (nSPS) is 9.70. The fourth-order valence-electron chi connectivity index (χ4n) is 0.519. The minimum atomic E-state index is -0.148. The summed E-state index contributed by atoms with van der Waals surface area (Å²) in [6, 6.07) is 0. The van der Waals surface area contributed by atoms with E-state index in [1.54, 1.807) is 6.08 Å². The summed E-state index contributed by atoms with van der Waals surface area (Å²) in [6.45, 7) is 3.89. The number of hydrogen-bond donors (Lipinski definition) is 0. The first kappa shape index (κ1) is 7.50. The van der Waals surface area contributed by atoms with Gasteiger partial charge in [0.25, 0.3) is 0 Å². The summed E-state index contributed by atoms with van der Waals surface area (Å²) in [6.07, 6.45) is 1.59. The van der Waals surface area contributed by atoms with Gasteiger partial charge < -0.3 is 0 Å². The van der Waals surface area contributed by atoms with Gasteiger partial charge in [0, 0.05) is 0 Å². The third-order valence-corrected chi connectivity index (χ3v) is 1.83. The summed E-state index contributed by atoms with van der Waals surface area (Å²) < 4.78 is 1.53. The van der Waals surface area contributed by atoms with Crippen molar-refractivity contribution in [2.45, 2.75) is 6.54 Å². The zero-order valence-electron chi connectivity index (χ0n) is 5.08. The lowest BCUT2D eigenvalue weighted by molar-refractivity contribution is 0.681. The van der Waals surface area contributed by atoms with E-state index in [2.05, 4.69) is 11.7 Å². The molecule has 10 heavy (non-hydrogen) atoms. The monoisotopic (exact) mass is 176 g/mol. The van der Waals surface area contributed by atoms with Gasteiger partial charge in [0.15, 0.2) is 0 Å². The number of aromatic nitrogens is 2. The predicted octanol–water partition coefficient (Wildman–Crippen LogP) is 1.14. The molecule has 0 bridgehead atoms. The van der Waals surface area contributed by atoms with E-state index in [9.17, 15) is 4.79 Å². The molecule has 0 aliphatic rings. The Kier molecular flexibility index (Phi) is 2.24. The van der Waals surface area contributed by atoms with Crippen molar-refractivity contribution in [2.24, 2.45) is 0 Å². The molecule has 3 nitrogen and oxygen atoms in total. The van der Waals surface area contributed by atoms with Crippen LogP contribution in [0.5, 0.6) is 0 Å². The van der Waals surface area contributed by atoms with Gasteiger partial charge in [-0.05, 0) is 22.9 Å². The molecule has 0 saturated heterocycles. The summed E-state index contributed by atoms with van der Waals surface area (Å²) in [4.78, 5) is 10.7. The Morgan fingerprint density at radius 3 is 3.00 bits per heavy atom. The molecule has 0 saturated carbocycles. The van der Waals surface area contributed by atoms with Crippen LogP contribution in [0.25, 0.3) is 0 Å². The molecule has 0 atom stereocenters. The molecule has 0 N–H and O–H groups in total. The number of hydrogen-bond acceptors (Lipinski definition) is 3. The molecule has 0 spiro atoms. The highest BCUT2D eigenvalue weighted by Crippen LogP contribution is 2.04. The Labute approximate surface area is 66.6 Å². The Balaban J connectivity index is 3.03. The average molecular weight is 177 g/mol. The molecule has 54 valence electrons. The molecule has 1 aromatic rings. The van der Waals surface area contributed by atoms with E-state index in [4.69, 9.17) is 11.6 Å². The summed E-state index contributed by atoms with van der Waals surface area (Å²) in [5.74, 6) is 0. The lowest BCUT2D eigenvalue weighted by atomic mass is 10.6. The highest BCUT2D eigenvalue weighted by molar-refractivity contribution is 7.13. The van der Waals surface area contributed by atoms with Crippen molar-refractivity contribution in [2.75, 3.05) is 0 Å². The van der Waals surface area contributed by atoms with E-state index < -0.39 is 0 Å². The molecule has 0 aromatic carbocycles. The second-order valence-electron chi connectivity index (χ2n) is 1.59. The quantitative estimate of drug-likeness (QED) is 0.634. The Morgan fingerprint density at radius 1 is 1.90 bits per heavy atom. The SMILES string of the molecule is C=CCn1nc(Cl)sc1=O. The summed E-state index contributed by atoms with van der Waals surface area (Å²) >= 11 is 6.38. The van der Waals surface area contributed by atoms with Crippen LogP contribution in [0, 0.1) is 0 Å². The first-order valence-electron chi connectivity index (χ1n) is 2.58. The highest BCUT2D eigenvalue weighted by atomic mass is 35.5. The maximum atomic E-state index is 10.8.